The van der Waals surface area contributed by atoms with E-state index < -0.39 is 26.8 Å². The highest BCUT2D eigenvalue weighted by Gasteiger charge is 2.35. The van der Waals surface area contributed by atoms with Crippen molar-refractivity contribution in [3.05, 3.63) is 30.1 Å². The van der Waals surface area contributed by atoms with Gasteiger partial charge in [0.2, 0.25) is 5.91 Å². The molecule has 116 valence electrons. The van der Waals surface area contributed by atoms with Crippen LogP contribution >= 0.6 is 0 Å². The lowest BCUT2D eigenvalue weighted by Gasteiger charge is -2.21. The van der Waals surface area contributed by atoms with Gasteiger partial charge in [0.1, 0.15) is 11.1 Å². The highest BCUT2D eigenvalue weighted by molar-refractivity contribution is 7.92. The molecule has 0 radical (unpaired) electrons. The van der Waals surface area contributed by atoms with Crippen molar-refractivity contribution in [3.8, 4) is 0 Å². The van der Waals surface area contributed by atoms with Gasteiger partial charge in [-0.1, -0.05) is 0 Å². The van der Waals surface area contributed by atoms with Crippen molar-refractivity contribution in [1.29, 1.82) is 0 Å². The van der Waals surface area contributed by atoms with Crippen molar-refractivity contribution in [2.75, 3.05) is 19.6 Å². The molecule has 7 heteroatoms. The maximum absolute atomic E-state index is 12.9. The maximum Gasteiger partial charge on any atom is 0.241 e. The summed E-state index contributed by atoms with van der Waals surface area (Å²) in [6, 6.07) is 4.51. The summed E-state index contributed by atoms with van der Waals surface area (Å²) in [5.74, 6) is -0.705. The monoisotopic (exact) mass is 314 g/mol. The molecule has 0 aromatic heterocycles. The Morgan fingerprint density at radius 2 is 2.05 bits per heavy atom. The van der Waals surface area contributed by atoms with Crippen molar-refractivity contribution in [3.63, 3.8) is 0 Å². The van der Waals surface area contributed by atoms with Crippen LogP contribution in [0.2, 0.25) is 0 Å². The molecule has 1 aliphatic heterocycles. The van der Waals surface area contributed by atoms with Gasteiger partial charge < -0.3 is 10.6 Å². The van der Waals surface area contributed by atoms with E-state index in [1.165, 1.54) is 19.1 Å². The molecule has 21 heavy (non-hydrogen) atoms. The number of nitrogens with zero attached hydrogens (tertiary/aromatic N) is 1. The molecule has 1 aliphatic rings. The molecule has 1 fully saturated rings. The number of benzene rings is 1. The second-order valence-corrected chi connectivity index (χ2v) is 7.58. The first-order chi connectivity index (χ1) is 9.86. The van der Waals surface area contributed by atoms with E-state index in [0.717, 1.165) is 18.6 Å². The fourth-order valence-electron chi connectivity index (χ4n) is 2.44. The van der Waals surface area contributed by atoms with Gasteiger partial charge in [-0.25, -0.2) is 12.8 Å². The summed E-state index contributed by atoms with van der Waals surface area (Å²) in [5, 5.41) is -1.18. The molecular formula is C14H19FN2O3S. The van der Waals surface area contributed by atoms with E-state index in [9.17, 15) is 17.6 Å². The van der Waals surface area contributed by atoms with Crippen LogP contribution in [-0.4, -0.2) is 44.1 Å². The summed E-state index contributed by atoms with van der Waals surface area (Å²) in [7, 11) is -3.81. The van der Waals surface area contributed by atoms with Crippen LogP contribution in [0.4, 0.5) is 4.39 Å². The second kappa shape index (κ2) is 6.11. The number of hydrogen-bond donors (Lipinski definition) is 1. The summed E-state index contributed by atoms with van der Waals surface area (Å²) in [6.07, 6.45) is 0.797. The van der Waals surface area contributed by atoms with Gasteiger partial charge in [0.15, 0.2) is 9.84 Å². The molecule has 2 atom stereocenters. The van der Waals surface area contributed by atoms with Gasteiger partial charge in [0.05, 0.1) is 4.90 Å². The Morgan fingerprint density at radius 1 is 1.43 bits per heavy atom. The lowest BCUT2D eigenvalue weighted by molar-refractivity contribution is -0.129. The van der Waals surface area contributed by atoms with Crippen LogP contribution in [0.1, 0.15) is 13.3 Å². The largest absolute Gasteiger partial charge is 0.341 e. The fourth-order valence-corrected chi connectivity index (χ4v) is 3.78. The smallest absolute Gasteiger partial charge is 0.241 e. The molecule has 0 saturated carbocycles. The van der Waals surface area contributed by atoms with Crippen molar-refractivity contribution in [2.24, 2.45) is 11.7 Å². The Kier molecular flexibility index (Phi) is 4.63. The van der Waals surface area contributed by atoms with Gasteiger partial charge in [0.25, 0.3) is 0 Å². The number of hydrogen-bond acceptors (Lipinski definition) is 4. The number of likely N-dealkylation sites (tertiary alicyclic amines) is 1. The molecule has 2 rings (SSSR count). The van der Waals surface area contributed by atoms with Crippen LogP contribution < -0.4 is 5.73 Å². The lowest BCUT2D eigenvalue weighted by atomic mass is 10.1. The Balaban J connectivity index is 2.16. The molecule has 0 unspecified atom stereocenters. The third-order valence-corrected chi connectivity index (χ3v) is 5.95. The number of amides is 1. The van der Waals surface area contributed by atoms with E-state index in [0.29, 0.717) is 19.6 Å². The van der Waals surface area contributed by atoms with Crippen LogP contribution in [0, 0.1) is 11.7 Å². The van der Waals surface area contributed by atoms with Crippen LogP contribution in [0.3, 0.4) is 0 Å². The Bertz CT molecular complexity index is 616. The highest BCUT2D eigenvalue weighted by Crippen LogP contribution is 2.21. The number of halogens is 1. The first kappa shape index (κ1) is 15.9. The predicted octanol–water partition coefficient (Wildman–Crippen LogP) is 0.795. The number of rotatable bonds is 4. The van der Waals surface area contributed by atoms with Gasteiger partial charge in [0, 0.05) is 13.1 Å². The molecular weight excluding hydrogens is 295 g/mol. The Labute approximate surface area is 123 Å². The van der Waals surface area contributed by atoms with E-state index in [-0.39, 0.29) is 10.8 Å². The summed E-state index contributed by atoms with van der Waals surface area (Å²) in [4.78, 5) is 13.8. The van der Waals surface area contributed by atoms with Crippen LogP contribution in [-0.2, 0) is 14.6 Å². The molecule has 5 nitrogen and oxygen atoms in total. The van der Waals surface area contributed by atoms with E-state index in [4.69, 9.17) is 5.73 Å². The molecule has 1 heterocycles. The minimum atomic E-state index is -3.81. The number of sulfone groups is 1. The van der Waals surface area contributed by atoms with E-state index >= 15 is 0 Å². The average molecular weight is 314 g/mol. The molecule has 1 saturated heterocycles. The predicted molar refractivity (Wildman–Crippen MR) is 76.8 cm³/mol. The van der Waals surface area contributed by atoms with Gasteiger partial charge in [-0.15, -0.1) is 0 Å². The van der Waals surface area contributed by atoms with Crippen LogP contribution in [0.15, 0.2) is 29.2 Å². The maximum atomic E-state index is 12.9. The third kappa shape index (κ3) is 3.24. The van der Waals surface area contributed by atoms with Crippen molar-refractivity contribution in [1.82, 2.24) is 4.90 Å². The third-order valence-electron chi connectivity index (χ3n) is 3.89. The Hall–Kier alpha value is -1.47. The van der Waals surface area contributed by atoms with Gasteiger partial charge >= 0.3 is 0 Å². The van der Waals surface area contributed by atoms with Crippen molar-refractivity contribution in [2.45, 2.75) is 23.5 Å². The second-order valence-electron chi connectivity index (χ2n) is 5.32. The summed E-state index contributed by atoms with van der Waals surface area (Å²) < 4.78 is 37.7. The minimum absolute atomic E-state index is 0.0423. The molecule has 0 aliphatic carbocycles. The lowest BCUT2D eigenvalue weighted by Crippen LogP contribution is -2.40. The quantitative estimate of drug-likeness (QED) is 0.834. The average Bonchev–Trinajstić information content (AvgIpc) is 2.95. The minimum Gasteiger partial charge on any atom is -0.341 e. The zero-order valence-electron chi connectivity index (χ0n) is 11.8. The van der Waals surface area contributed by atoms with Crippen LogP contribution in [0.25, 0.3) is 0 Å². The van der Waals surface area contributed by atoms with Gasteiger partial charge in [-0.2, -0.15) is 0 Å². The highest BCUT2D eigenvalue weighted by atomic mass is 32.2. The standard InChI is InChI=1S/C14H19FN2O3S/c1-10(14(18)17-7-6-11(8-16)9-17)21(19,20)13-4-2-12(15)3-5-13/h2-5,10-11H,6-9,16H2,1H3/t10-,11+/m1/s1. The topological polar surface area (TPSA) is 80.5 Å². The van der Waals surface area contributed by atoms with E-state index in [1.54, 1.807) is 4.90 Å². The van der Waals surface area contributed by atoms with E-state index in [1.807, 2.05) is 0 Å². The van der Waals surface area contributed by atoms with Crippen LogP contribution in [0.5, 0.6) is 0 Å². The molecule has 0 spiro atoms. The van der Waals surface area contributed by atoms with Gasteiger partial charge in [-0.3, -0.25) is 4.79 Å². The normalized spacial score (nSPS) is 20.5. The van der Waals surface area contributed by atoms with Gasteiger partial charge in [-0.05, 0) is 50.1 Å². The van der Waals surface area contributed by atoms with E-state index in [2.05, 4.69) is 0 Å². The van der Waals surface area contributed by atoms with Crippen molar-refractivity contribution >= 4 is 15.7 Å². The van der Waals surface area contributed by atoms with Crippen molar-refractivity contribution < 1.29 is 17.6 Å². The number of nitrogens with two attached hydrogens (primary N) is 1. The number of carbonyl (C=O) groups excluding carboxylic acids is 1. The first-order valence-corrected chi connectivity index (χ1v) is 8.39. The SMILES string of the molecule is C[C@H](C(=O)N1CC[C@@H](CN)C1)S(=O)(=O)c1ccc(F)cc1. The summed E-state index contributed by atoms with van der Waals surface area (Å²) >= 11 is 0. The zero-order valence-corrected chi connectivity index (χ0v) is 12.6. The zero-order chi connectivity index (χ0) is 15.6. The summed E-state index contributed by atoms with van der Waals surface area (Å²) in [5.41, 5.74) is 5.57. The molecule has 2 N–H and O–H groups in total. The summed E-state index contributed by atoms with van der Waals surface area (Å²) in [6.45, 7) is 2.89. The molecule has 1 amide bonds. The fraction of sp³-hybridized carbons (Fsp3) is 0.500. The molecule has 0 bridgehead atoms. The molecule has 1 aromatic carbocycles. The molecule has 1 aromatic rings. The first-order valence-electron chi connectivity index (χ1n) is 6.84. The number of carbonyl (C=O) groups is 1. The Morgan fingerprint density at radius 3 is 2.57 bits per heavy atom.